The van der Waals surface area contributed by atoms with Crippen LogP contribution in [-0.2, 0) is 11.8 Å². The normalized spacial score (nSPS) is 11.0. The van der Waals surface area contributed by atoms with Crippen molar-refractivity contribution in [1.29, 1.82) is 0 Å². The first-order valence-electron chi connectivity index (χ1n) is 11.9. The molecule has 0 unspecified atom stereocenters. The minimum absolute atomic E-state index is 0.00182. The van der Waals surface area contributed by atoms with Crippen LogP contribution >= 0.6 is 0 Å². The number of carbonyl (C=O) groups is 1. The highest BCUT2D eigenvalue weighted by Crippen LogP contribution is 2.42. The zero-order valence-electron chi connectivity index (χ0n) is 21.1. The van der Waals surface area contributed by atoms with Crippen LogP contribution in [0.3, 0.4) is 0 Å². The summed E-state index contributed by atoms with van der Waals surface area (Å²) in [5, 5.41) is 0.777. The number of nitrogens with zero attached hydrogens (tertiary/aromatic N) is 6. The van der Waals surface area contributed by atoms with Gasteiger partial charge in [0.05, 0.1) is 11.1 Å². The van der Waals surface area contributed by atoms with Crippen molar-refractivity contribution in [3.63, 3.8) is 0 Å². The van der Waals surface area contributed by atoms with Gasteiger partial charge in [0.15, 0.2) is 0 Å². The summed E-state index contributed by atoms with van der Waals surface area (Å²) in [5.41, 5.74) is 12.5. The molecule has 0 radical (unpaired) electrons. The first-order chi connectivity index (χ1) is 17.9. The van der Waals surface area contributed by atoms with Crippen LogP contribution in [0, 0.1) is 6.92 Å². The van der Waals surface area contributed by atoms with Gasteiger partial charge >= 0.3 is 6.01 Å². The number of fused-ring (bicyclic) bond motifs is 1. The predicted molar refractivity (Wildman–Crippen MR) is 144 cm³/mol. The van der Waals surface area contributed by atoms with Crippen molar-refractivity contribution < 1.29 is 9.53 Å². The average Bonchev–Trinajstić information content (AvgIpc) is 3.19. The standard InChI is InChI=1S/C28H27N7O2/c1-5-35(18(3)36)21-10-6-20(7-11-21)25-23(24-26(29)31-16-32-27(24)34(25)4)19-8-12-22(13-9-19)37-28-30-15-14-17(2)33-28/h6-16H,5H2,1-4H3,(H2,29,31,32). The lowest BCUT2D eigenvalue weighted by Gasteiger charge is -2.19. The Kier molecular flexibility index (Phi) is 6.27. The van der Waals surface area contributed by atoms with Gasteiger partial charge in [-0.15, -0.1) is 0 Å². The summed E-state index contributed by atoms with van der Waals surface area (Å²) in [6.45, 7) is 6.01. The second-order valence-corrected chi connectivity index (χ2v) is 8.66. The Labute approximate surface area is 214 Å². The third-order valence-electron chi connectivity index (χ3n) is 6.27. The number of benzene rings is 2. The van der Waals surface area contributed by atoms with Crippen molar-refractivity contribution in [2.45, 2.75) is 20.8 Å². The molecule has 3 aromatic heterocycles. The number of ether oxygens (including phenoxy) is 1. The highest BCUT2D eigenvalue weighted by Gasteiger charge is 2.22. The summed E-state index contributed by atoms with van der Waals surface area (Å²) in [6.07, 6.45) is 3.14. The van der Waals surface area contributed by atoms with Crippen LogP contribution in [0.4, 0.5) is 11.5 Å². The summed E-state index contributed by atoms with van der Waals surface area (Å²) in [6, 6.07) is 17.7. The molecule has 5 aromatic rings. The first-order valence-corrected chi connectivity index (χ1v) is 11.9. The predicted octanol–water partition coefficient (Wildman–Crippen LogP) is 5.15. The maximum Gasteiger partial charge on any atom is 0.322 e. The van der Waals surface area contributed by atoms with E-state index in [1.165, 1.54) is 6.33 Å². The number of carbonyl (C=O) groups excluding carboxylic acids is 1. The molecule has 3 heterocycles. The Morgan fingerprint density at radius 2 is 1.70 bits per heavy atom. The Morgan fingerprint density at radius 1 is 1.00 bits per heavy atom. The van der Waals surface area contributed by atoms with E-state index in [2.05, 4.69) is 19.9 Å². The van der Waals surface area contributed by atoms with Crippen LogP contribution in [0.25, 0.3) is 33.4 Å². The fourth-order valence-corrected chi connectivity index (χ4v) is 4.55. The second kappa shape index (κ2) is 9.69. The van der Waals surface area contributed by atoms with E-state index in [1.54, 1.807) is 18.0 Å². The van der Waals surface area contributed by atoms with Gasteiger partial charge in [0, 0.05) is 43.7 Å². The molecule has 37 heavy (non-hydrogen) atoms. The zero-order valence-corrected chi connectivity index (χ0v) is 21.1. The smallest absolute Gasteiger partial charge is 0.322 e. The van der Waals surface area contributed by atoms with E-state index in [9.17, 15) is 4.79 Å². The van der Waals surface area contributed by atoms with Crippen LogP contribution in [0.2, 0.25) is 0 Å². The summed E-state index contributed by atoms with van der Waals surface area (Å²) < 4.78 is 7.86. The van der Waals surface area contributed by atoms with Crippen molar-refractivity contribution >= 4 is 28.4 Å². The molecule has 0 atom stereocenters. The maximum absolute atomic E-state index is 12.0. The summed E-state index contributed by atoms with van der Waals surface area (Å²) in [5.74, 6) is 1.02. The topological polar surface area (TPSA) is 112 Å². The summed E-state index contributed by atoms with van der Waals surface area (Å²) >= 11 is 0. The molecule has 186 valence electrons. The lowest BCUT2D eigenvalue weighted by Crippen LogP contribution is -2.27. The van der Waals surface area contributed by atoms with Crippen molar-refractivity contribution in [3.05, 3.63) is 72.8 Å². The average molecular weight is 494 g/mol. The lowest BCUT2D eigenvalue weighted by atomic mass is 9.98. The van der Waals surface area contributed by atoms with E-state index >= 15 is 0 Å². The van der Waals surface area contributed by atoms with Gasteiger partial charge in [0.1, 0.15) is 23.5 Å². The van der Waals surface area contributed by atoms with E-state index < -0.39 is 0 Å². The molecule has 0 aliphatic rings. The number of nitrogen functional groups attached to an aromatic ring is 1. The van der Waals surface area contributed by atoms with Crippen molar-refractivity contribution in [3.8, 4) is 34.1 Å². The van der Waals surface area contributed by atoms with Crippen LogP contribution in [-0.4, -0.2) is 37.0 Å². The highest BCUT2D eigenvalue weighted by atomic mass is 16.5. The SMILES string of the molecule is CCN(C(C)=O)c1ccc(-c2c(-c3ccc(Oc4nccc(C)n4)cc3)c3c(N)ncnc3n2C)cc1. The molecule has 0 aliphatic heterocycles. The van der Waals surface area contributed by atoms with Gasteiger partial charge in [0.25, 0.3) is 0 Å². The van der Waals surface area contributed by atoms with Crippen LogP contribution < -0.4 is 15.4 Å². The molecular formula is C28H27N7O2. The minimum Gasteiger partial charge on any atom is -0.424 e. The van der Waals surface area contributed by atoms with Gasteiger partial charge < -0.3 is 19.9 Å². The third-order valence-corrected chi connectivity index (χ3v) is 6.27. The largest absolute Gasteiger partial charge is 0.424 e. The molecule has 5 rings (SSSR count). The minimum atomic E-state index is 0.00182. The number of hydrogen-bond donors (Lipinski definition) is 1. The number of rotatable bonds is 6. The maximum atomic E-state index is 12.0. The van der Waals surface area contributed by atoms with Crippen molar-refractivity contribution in [2.75, 3.05) is 17.2 Å². The number of anilines is 2. The van der Waals surface area contributed by atoms with Crippen molar-refractivity contribution in [1.82, 2.24) is 24.5 Å². The summed E-state index contributed by atoms with van der Waals surface area (Å²) in [4.78, 5) is 31.0. The van der Waals surface area contributed by atoms with Crippen LogP contribution in [0.15, 0.2) is 67.1 Å². The third kappa shape index (κ3) is 4.47. The molecule has 2 N–H and O–H groups in total. The molecule has 0 fully saturated rings. The number of amides is 1. The molecule has 9 heteroatoms. The monoisotopic (exact) mass is 493 g/mol. The van der Waals surface area contributed by atoms with E-state index in [0.717, 1.165) is 44.8 Å². The second-order valence-electron chi connectivity index (χ2n) is 8.66. The molecule has 0 saturated carbocycles. The molecule has 0 spiro atoms. The zero-order chi connectivity index (χ0) is 26.1. The van der Waals surface area contributed by atoms with E-state index in [0.29, 0.717) is 24.1 Å². The van der Waals surface area contributed by atoms with Gasteiger partial charge in [-0.3, -0.25) is 4.79 Å². The number of aromatic nitrogens is 5. The van der Waals surface area contributed by atoms with E-state index in [1.807, 2.05) is 80.1 Å². The van der Waals surface area contributed by atoms with Gasteiger partial charge in [-0.25, -0.2) is 19.9 Å². The number of hydrogen-bond acceptors (Lipinski definition) is 7. The molecular weight excluding hydrogens is 466 g/mol. The number of nitrogens with two attached hydrogens (primary N) is 1. The molecule has 1 amide bonds. The van der Waals surface area contributed by atoms with Crippen molar-refractivity contribution in [2.24, 2.45) is 7.05 Å². The fourth-order valence-electron chi connectivity index (χ4n) is 4.55. The summed E-state index contributed by atoms with van der Waals surface area (Å²) in [7, 11) is 1.96. The van der Waals surface area contributed by atoms with E-state index in [4.69, 9.17) is 10.5 Å². The first kappa shape index (κ1) is 23.9. The molecule has 0 aliphatic carbocycles. The van der Waals surface area contributed by atoms with Crippen LogP contribution in [0.1, 0.15) is 19.5 Å². The quantitative estimate of drug-likeness (QED) is 0.348. The van der Waals surface area contributed by atoms with Gasteiger partial charge in [0.2, 0.25) is 5.91 Å². The lowest BCUT2D eigenvalue weighted by molar-refractivity contribution is -0.116. The Balaban J connectivity index is 1.61. The molecule has 9 nitrogen and oxygen atoms in total. The van der Waals surface area contributed by atoms with E-state index in [-0.39, 0.29) is 5.91 Å². The molecule has 0 bridgehead atoms. The molecule has 0 saturated heterocycles. The molecule has 2 aromatic carbocycles. The fraction of sp³-hybridized carbons (Fsp3) is 0.179. The Hall–Kier alpha value is -4.79. The Bertz CT molecular complexity index is 1590. The highest BCUT2D eigenvalue weighted by molar-refractivity contribution is 6.07. The van der Waals surface area contributed by atoms with Gasteiger partial charge in [-0.2, -0.15) is 0 Å². The van der Waals surface area contributed by atoms with Crippen LogP contribution in [0.5, 0.6) is 11.8 Å². The van der Waals surface area contributed by atoms with Gasteiger partial charge in [-0.05, 0) is 55.3 Å². The number of aryl methyl sites for hydroxylation is 2. The van der Waals surface area contributed by atoms with Gasteiger partial charge in [-0.1, -0.05) is 24.3 Å². The Morgan fingerprint density at radius 3 is 2.35 bits per heavy atom.